The van der Waals surface area contributed by atoms with Gasteiger partial charge in [-0.2, -0.15) is 9.41 Å². The smallest absolute Gasteiger partial charge is 0.244 e. The minimum Gasteiger partial charge on any atom is -0.472 e. The molecule has 1 amide bonds. The number of hydrazone groups is 1. The summed E-state index contributed by atoms with van der Waals surface area (Å²) in [4.78, 5) is 12.5. The first-order valence-corrected chi connectivity index (χ1v) is 9.42. The van der Waals surface area contributed by atoms with Crippen LogP contribution >= 0.6 is 0 Å². The predicted octanol–water partition coefficient (Wildman–Crippen LogP) is 1.83. The van der Waals surface area contributed by atoms with Gasteiger partial charge in [0.15, 0.2) is 0 Å². The average Bonchev–Trinajstić information content (AvgIpc) is 3.16. The number of carbonyl (C=O) groups is 1. The molecule has 1 saturated heterocycles. The normalized spacial score (nSPS) is 19.1. The highest BCUT2D eigenvalue weighted by Gasteiger charge is 2.33. The maximum absolute atomic E-state index is 12.7. The number of rotatable bonds is 5. The molecule has 2 heterocycles. The molecule has 0 saturated carbocycles. The van der Waals surface area contributed by atoms with Gasteiger partial charge in [-0.15, -0.1) is 0 Å². The second-order valence-corrected chi connectivity index (χ2v) is 7.74. The van der Waals surface area contributed by atoms with Gasteiger partial charge in [0.1, 0.15) is 0 Å². The Balaban J connectivity index is 1.63. The molecule has 1 aliphatic heterocycles. The van der Waals surface area contributed by atoms with Gasteiger partial charge in [0.25, 0.3) is 0 Å². The third kappa shape index (κ3) is 4.15. The molecule has 0 aliphatic carbocycles. The fourth-order valence-electron chi connectivity index (χ4n) is 2.73. The van der Waals surface area contributed by atoms with E-state index in [9.17, 15) is 13.2 Å². The number of benzene rings is 1. The van der Waals surface area contributed by atoms with Gasteiger partial charge in [-0.1, -0.05) is 18.2 Å². The molecule has 7 nitrogen and oxygen atoms in total. The van der Waals surface area contributed by atoms with Crippen molar-refractivity contribution in [1.29, 1.82) is 0 Å². The van der Waals surface area contributed by atoms with Crippen LogP contribution in [0.15, 0.2) is 63.3 Å². The highest BCUT2D eigenvalue weighted by molar-refractivity contribution is 7.89. The molecule has 0 unspecified atom stereocenters. The van der Waals surface area contributed by atoms with Gasteiger partial charge < -0.3 is 4.42 Å². The van der Waals surface area contributed by atoms with Crippen LogP contribution < -0.4 is 5.43 Å². The zero-order chi connectivity index (χ0) is 17.7. The van der Waals surface area contributed by atoms with E-state index >= 15 is 0 Å². The Morgan fingerprint density at radius 3 is 2.80 bits per heavy atom. The molecule has 132 valence electrons. The number of nitrogens with zero attached hydrogens (tertiary/aromatic N) is 2. The first kappa shape index (κ1) is 17.4. The molecule has 0 bridgehead atoms. The second-order valence-electron chi connectivity index (χ2n) is 5.81. The lowest BCUT2D eigenvalue weighted by molar-refractivity contribution is -0.126. The molecule has 0 spiro atoms. The van der Waals surface area contributed by atoms with E-state index in [4.69, 9.17) is 4.42 Å². The summed E-state index contributed by atoms with van der Waals surface area (Å²) in [5.41, 5.74) is 3.20. The van der Waals surface area contributed by atoms with E-state index in [2.05, 4.69) is 10.5 Å². The van der Waals surface area contributed by atoms with Gasteiger partial charge in [-0.05, 0) is 31.0 Å². The van der Waals surface area contributed by atoms with E-state index in [1.54, 1.807) is 36.4 Å². The summed E-state index contributed by atoms with van der Waals surface area (Å²) in [6.45, 7) is 0.573. The van der Waals surface area contributed by atoms with Crippen LogP contribution in [-0.4, -0.2) is 37.9 Å². The van der Waals surface area contributed by atoms with E-state index in [-0.39, 0.29) is 17.3 Å². The fraction of sp³-hybridized carbons (Fsp3) is 0.294. The Kier molecular flexibility index (Phi) is 5.30. The number of hydrogen-bond donors (Lipinski definition) is 1. The summed E-state index contributed by atoms with van der Waals surface area (Å²) in [5, 5.41) is 3.88. The third-order valence-corrected chi connectivity index (χ3v) is 5.95. The highest BCUT2D eigenvalue weighted by Crippen LogP contribution is 2.23. The van der Waals surface area contributed by atoms with Crippen molar-refractivity contribution in [2.24, 2.45) is 11.0 Å². The van der Waals surface area contributed by atoms with E-state index < -0.39 is 15.9 Å². The number of hydrogen-bond acceptors (Lipinski definition) is 5. The molecule has 8 heteroatoms. The zero-order valence-corrected chi connectivity index (χ0v) is 14.4. The van der Waals surface area contributed by atoms with Crippen LogP contribution in [0.5, 0.6) is 0 Å². The molecular formula is C17H19N3O4S. The number of amides is 1. The number of sulfonamides is 1. The molecule has 1 aromatic heterocycles. The van der Waals surface area contributed by atoms with Crippen molar-refractivity contribution in [2.45, 2.75) is 17.7 Å². The lowest BCUT2D eigenvalue weighted by Crippen LogP contribution is -2.44. The van der Waals surface area contributed by atoms with Crippen molar-refractivity contribution in [2.75, 3.05) is 13.1 Å². The van der Waals surface area contributed by atoms with E-state index in [0.717, 1.165) is 5.56 Å². The molecular weight excluding hydrogens is 342 g/mol. The third-order valence-electron chi connectivity index (χ3n) is 4.07. The summed E-state index contributed by atoms with van der Waals surface area (Å²) in [5.74, 6) is -0.707. The van der Waals surface area contributed by atoms with Gasteiger partial charge in [-0.25, -0.2) is 13.8 Å². The number of carbonyl (C=O) groups excluding carboxylic acids is 1. The van der Waals surface area contributed by atoms with E-state index in [1.807, 2.05) is 0 Å². The SMILES string of the molecule is O=C(N/N=C\c1ccoc1)[C@H]1CCCN(S(=O)(=O)c2ccccc2)C1. The topological polar surface area (TPSA) is 92.0 Å². The summed E-state index contributed by atoms with van der Waals surface area (Å²) < 4.78 is 31.6. The summed E-state index contributed by atoms with van der Waals surface area (Å²) in [6.07, 6.45) is 5.76. The van der Waals surface area contributed by atoms with E-state index in [1.165, 1.54) is 23.0 Å². The largest absolute Gasteiger partial charge is 0.472 e. The van der Waals surface area contributed by atoms with Crippen molar-refractivity contribution < 1.29 is 17.6 Å². The van der Waals surface area contributed by atoms with Gasteiger partial charge in [0, 0.05) is 18.7 Å². The lowest BCUT2D eigenvalue weighted by Gasteiger charge is -2.30. The van der Waals surface area contributed by atoms with Crippen LogP contribution in [0.3, 0.4) is 0 Å². The Labute approximate surface area is 146 Å². The maximum Gasteiger partial charge on any atom is 0.244 e. The molecule has 1 aromatic carbocycles. The van der Waals surface area contributed by atoms with Crippen molar-refractivity contribution in [1.82, 2.24) is 9.73 Å². The van der Waals surface area contributed by atoms with Crippen LogP contribution in [0.1, 0.15) is 18.4 Å². The van der Waals surface area contributed by atoms with Crippen LogP contribution in [-0.2, 0) is 14.8 Å². The molecule has 1 fully saturated rings. The second kappa shape index (κ2) is 7.62. The first-order valence-electron chi connectivity index (χ1n) is 7.98. The van der Waals surface area contributed by atoms with Gasteiger partial charge in [0.2, 0.25) is 15.9 Å². The molecule has 1 aliphatic rings. The van der Waals surface area contributed by atoms with Gasteiger partial charge >= 0.3 is 0 Å². The fourth-order valence-corrected chi connectivity index (χ4v) is 4.27. The van der Waals surface area contributed by atoms with Crippen molar-refractivity contribution in [3.8, 4) is 0 Å². The average molecular weight is 361 g/mol. The van der Waals surface area contributed by atoms with Crippen LogP contribution in [0.2, 0.25) is 0 Å². The maximum atomic E-state index is 12.7. The minimum atomic E-state index is -3.58. The van der Waals surface area contributed by atoms with Crippen LogP contribution in [0.4, 0.5) is 0 Å². The monoisotopic (exact) mass is 361 g/mol. The number of piperidine rings is 1. The number of nitrogens with one attached hydrogen (secondary N) is 1. The van der Waals surface area contributed by atoms with E-state index in [0.29, 0.717) is 19.4 Å². The minimum absolute atomic E-state index is 0.157. The molecule has 3 rings (SSSR count). The molecule has 2 aromatic rings. The van der Waals surface area contributed by atoms with Crippen molar-refractivity contribution >= 4 is 22.1 Å². The number of furan rings is 1. The zero-order valence-electron chi connectivity index (χ0n) is 13.5. The van der Waals surface area contributed by atoms with Gasteiger partial charge in [-0.3, -0.25) is 4.79 Å². The van der Waals surface area contributed by atoms with Crippen LogP contribution in [0.25, 0.3) is 0 Å². The molecule has 0 radical (unpaired) electrons. The van der Waals surface area contributed by atoms with Crippen LogP contribution in [0, 0.1) is 5.92 Å². The van der Waals surface area contributed by atoms with Crippen molar-refractivity contribution in [3.63, 3.8) is 0 Å². The molecule has 25 heavy (non-hydrogen) atoms. The molecule has 1 N–H and O–H groups in total. The summed E-state index contributed by atoms with van der Waals surface area (Å²) in [7, 11) is -3.58. The summed E-state index contributed by atoms with van der Waals surface area (Å²) in [6, 6.07) is 9.98. The standard InChI is InChI=1S/C17H19N3O4S/c21-17(19-18-11-14-8-10-24-13-14)15-5-4-9-20(12-15)25(22,23)16-6-2-1-3-7-16/h1-3,6-8,10-11,13,15H,4-5,9,12H2,(H,19,21)/b18-11-/t15-/m0/s1. The first-order chi connectivity index (χ1) is 12.1. The Bertz CT molecular complexity index is 832. The molecule has 1 atom stereocenters. The van der Waals surface area contributed by atoms with Gasteiger partial charge in [0.05, 0.1) is 29.6 Å². The lowest BCUT2D eigenvalue weighted by atomic mass is 9.99. The Morgan fingerprint density at radius 1 is 1.28 bits per heavy atom. The summed E-state index contributed by atoms with van der Waals surface area (Å²) >= 11 is 0. The quantitative estimate of drug-likeness (QED) is 0.650. The Hall–Kier alpha value is -2.45. The predicted molar refractivity (Wildman–Crippen MR) is 92.4 cm³/mol. The Morgan fingerprint density at radius 2 is 2.08 bits per heavy atom. The highest BCUT2D eigenvalue weighted by atomic mass is 32.2. The van der Waals surface area contributed by atoms with Crippen molar-refractivity contribution in [3.05, 3.63) is 54.5 Å².